The molecule has 114 valence electrons. The van der Waals surface area contributed by atoms with Crippen molar-refractivity contribution in [2.24, 2.45) is 0 Å². The van der Waals surface area contributed by atoms with E-state index in [1.54, 1.807) is 0 Å². The largest absolute Gasteiger partial charge is 0.335 e. The minimum Gasteiger partial charge on any atom is -0.335 e. The fourth-order valence-corrected chi connectivity index (χ4v) is 5.11. The molecule has 3 heterocycles. The summed E-state index contributed by atoms with van der Waals surface area (Å²) in [5.74, 6) is 1.37. The van der Waals surface area contributed by atoms with Crippen molar-refractivity contribution in [3.8, 4) is 0 Å². The van der Waals surface area contributed by atoms with Gasteiger partial charge in [0.1, 0.15) is 0 Å². The Morgan fingerprint density at radius 1 is 1.19 bits per heavy atom. The predicted octanol–water partition coefficient (Wildman–Crippen LogP) is 2.65. The molecule has 3 unspecified atom stereocenters. The number of hydrogen-bond donors (Lipinski definition) is 1. The van der Waals surface area contributed by atoms with E-state index in [9.17, 15) is 4.79 Å². The van der Waals surface area contributed by atoms with E-state index in [4.69, 9.17) is 0 Å². The Labute approximate surface area is 136 Å². The molecule has 2 fully saturated rings. The van der Waals surface area contributed by atoms with E-state index in [2.05, 4.69) is 34.5 Å². The van der Waals surface area contributed by atoms with Crippen molar-refractivity contribution in [2.45, 2.75) is 42.2 Å². The second-order valence-electron chi connectivity index (χ2n) is 6.02. The van der Waals surface area contributed by atoms with E-state index in [0.717, 1.165) is 25.3 Å². The number of thioether (sulfide) groups is 1. The molecule has 5 heteroatoms. The molecule has 1 aromatic carbocycles. The van der Waals surface area contributed by atoms with Gasteiger partial charge in [-0.3, -0.25) is 4.79 Å². The molecule has 0 radical (unpaired) electrons. The van der Waals surface area contributed by atoms with Crippen molar-refractivity contribution < 1.29 is 4.79 Å². The summed E-state index contributed by atoms with van der Waals surface area (Å²) in [5, 5.41) is 3.47. The lowest BCUT2D eigenvalue weighted by atomic mass is 9.99. The Balaban J connectivity index is 0.00000132. The van der Waals surface area contributed by atoms with Crippen LogP contribution in [0.1, 0.15) is 30.7 Å². The fraction of sp³-hybridized carbons (Fsp3) is 0.562. The smallest absolute Gasteiger partial charge is 0.231 e. The summed E-state index contributed by atoms with van der Waals surface area (Å²) in [6, 6.07) is 9.30. The van der Waals surface area contributed by atoms with Crippen molar-refractivity contribution in [1.82, 2.24) is 10.2 Å². The van der Waals surface area contributed by atoms with Crippen molar-refractivity contribution in [3.05, 3.63) is 29.8 Å². The molecule has 2 bridgehead atoms. The molecule has 3 nitrogen and oxygen atoms in total. The highest BCUT2D eigenvalue weighted by Crippen LogP contribution is 2.42. The Bertz CT molecular complexity index is 525. The second-order valence-corrected chi connectivity index (χ2v) is 7.09. The van der Waals surface area contributed by atoms with Gasteiger partial charge in [0.05, 0.1) is 5.92 Å². The van der Waals surface area contributed by atoms with Crippen molar-refractivity contribution in [3.63, 3.8) is 0 Å². The SMILES string of the molecule is Cl.O=C(C1CSc2ccccc21)N1C2CCNCC1CC2. The summed E-state index contributed by atoms with van der Waals surface area (Å²) >= 11 is 1.83. The molecule has 4 rings (SSSR count). The summed E-state index contributed by atoms with van der Waals surface area (Å²) in [4.78, 5) is 16.6. The molecule has 3 aliphatic rings. The molecule has 1 N–H and O–H groups in total. The lowest BCUT2D eigenvalue weighted by molar-refractivity contribution is -0.134. The molecule has 1 amide bonds. The number of halogens is 1. The van der Waals surface area contributed by atoms with Crippen LogP contribution in [0, 0.1) is 0 Å². The van der Waals surface area contributed by atoms with Crippen LogP contribution in [0.5, 0.6) is 0 Å². The van der Waals surface area contributed by atoms with Gasteiger partial charge in [-0.1, -0.05) is 18.2 Å². The van der Waals surface area contributed by atoms with Crippen LogP contribution in [-0.2, 0) is 4.79 Å². The highest BCUT2D eigenvalue weighted by molar-refractivity contribution is 7.99. The summed E-state index contributed by atoms with van der Waals surface area (Å²) in [6.07, 6.45) is 3.48. The molecule has 21 heavy (non-hydrogen) atoms. The van der Waals surface area contributed by atoms with Crippen LogP contribution in [-0.4, -0.2) is 41.7 Å². The van der Waals surface area contributed by atoms with Crippen LogP contribution in [0.25, 0.3) is 0 Å². The third kappa shape index (κ3) is 2.58. The summed E-state index contributed by atoms with van der Waals surface area (Å²) < 4.78 is 0. The fourth-order valence-electron chi connectivity index (χ4n) is 3.89. The van der Waals surface area contributed by atoms with Crippen molar-refractivity contribution in [1.29, 1.82) is 0 Å². The van der Waals surface area contributed by atoms with Crippen LogP contribution in [0.15, 0.2) is 29.2 Å². The van der Waals surface area contributed by atoms with E-state index in [1.165, 1.54) is 23.3 Å². The number of nitrogens with one attached hydrogen (secondary N) is 1. The number of rotatable bonds is 1. The van der Waals surface area contributed by atoms with E-state index in [-0.39, 0.29) is 18.3 Å². The zero-order chi connectivity index (χ0) is 13.5. The van der Waals surface area contributed by atoms with Crippen LogP contribution in [0.4, 0.5) is 0 Å². The molecular formula is C16H21ClN2OS. The molecule has 0 spiro atoms. The molecule has 1 aromatic rings. The number of fused-ring (bicyclic) bond motifs is 3. The average Bonchev–Trinajstić information content (AvgIpc) is 2.98. The van der Waals surface area contributed by atoms with Crippen LogP contribution >= 0.6 is 24.2 Å². The van der Waals surface area contributed by atoms with Gasteiger partial charge in [-0.05, 0) is 37.4 Å². The molecule has 2 saturated heterocycles. The summed E-state index contributed by atoms with van der Waals surface area (Å²) in [5.41, 5.74) is 1.25. The van der Waals surface area contributed by atoms with Crippen LogP contribution in [0.3, 0.4) is 0 Å². The minimum absolute atomic E-state index is 0. The van der Waals surface area contributed by atoms with Gasteiger partial charge in [0, 0.05) is 29.3 Å². The Morgan fingerprint density at radius 3 is 2.90 bits per heavy atom. The third-order valence-electron chi connectivity index (χ3n) is 4.91. The second kappa shape index (κ2) is 6.19. The lowest BCUT2D eigenvalue weighted by Crippen LogP contribution is -2.45. The van der Waals surface area contributed by atoms with Crippen molar-refractivity contribution >= 4 is 30.1 Å². The maximum Gasteiger partial charge on any atom is 0.231 e. The van der Waals surface area contributed by atoms with E-state index in [1.807, 2.05) is 11.8 Å². The maximum atomic E-state index is 13.1. The highest BCUT2D eigenvalue weighted by Gasteiger charge is 2.42. The average molecular weight is 325 g/mol. The minimum atomic E-state index is 0. The van der Waals surface area contributed by atoms with Crippen LogP contribution in [0.2, 0.25) is 0 Å². The zero-order valence-electron chi connectivity index (χ0n) is 12.0. The molecule has 0 aliphatic carbocycles. The Morgan fingerprint density at radius 2 is 2.00 bits per heavy atom. The molecular weight excluding hydrogens is 304 g/mol. The number of amides is 1. The first-order chi connectivity index (χ1) is 9.84. The number of hydrogen-bond acceptors (Lipinski definition) is 3. The topological polar surface area (TPSA) is 32.3 Å². The molecule has 3 aliphatic heterocycles. The van der Waals surface area contributed by atoms with E-state index >= 15 is 0 Å². The van der Waals surface area contributed by atoms with Gasteiger partial charge >= 0.3 is 0 Å². The third-order valence-corrected chi connectivity index (χ3v) is 6.09. The van der Waals surface area contributed by atoms with Crippen molar-refractivity contribution in [2.75, 3.05) is 18.8 Å². The molecule has 0 saturated carbocycles. The lowest BCUT2D eigenvalue weighted by Gasteiger charge is -2.30. The van der Waals surface area contributed by atoms with Crippen LogP contribution < -0.4 is 5.32 Å². The molecule has 3 atom stereocenters. The number of nitrogens with zero attached hydrogens (tertiary/aromatic N) is 1. The summed E-state index contributed by atoms with van der Waals surface area (Å²) in [6.45, 7) is 2.03. The number of carbonyl (C=O) groups is 1. The first-order valence-electron chi connectivity index (χ1n) is 7.59. The van der Waals surface area contributed by atoms with Gasteiger partial charge in [0.2, 0.25) is 5.91 Å². The van der Waals surface area contributed by atoms with Gasteiger partial charge in [0.25, 0.3) is 0 Å². The number of carbonyl (C=O) groups excluding carboxylic acids is 1. The normalized spacial score (nSPS) is 30.5. The van der Waals surface area contributed by atoms with Gasteiger partial charge in [-0.25, -0.2) is 0 Å². The monoisotopic (exact) mass is 324 g/mol. The zero-order valence-corrected chi connectivity index (χ0v) is 13.6. The molecule has 0 aromatic heterocycles. The van der Waals surface area contributed by atoms with E-state index < -0.39 is 0 Å². The maximum absolute atomic E-state index is 13.1. The summed E-state index contributed by atoms with van der Waals surface area (Å²) in [7, 11) is 0. The predicted molar refractivity (Wildman–Crippen MR) is 88.3 cm³/mol. The van der Waals surface area contributed by atoms with E-state index in [0.29, 0.717) is 18.0 Å². The first-order valence-corrected chi connectivity index (χ1v) is 8.58. The van der Waals surface area contributed by atoms with Gasteiger partial charge in [-0.15, -0.1) is 24.2 Å². The Kier molecular flexibility index (Phi) is 4.48. The highest BCUT2D eigenvalue weighted by atomic mass is 35.5. The Hall–Kier alpha value is -0.710. The standard InChI is InChI=1S/C16H20N2OS.ClH/c19-16(14-10-20-15-4-2-1-3-13(14)15)18-11-5-6-12(18)9-17-8-7-11;/h1-4,11-12,14,17H,5-10H2;1H. The first kappa shape index (κ1) is 15.2. The van der Waals surface area contributed by atoms with Gasteiger partial charge < -0.3 is 10.2 Å². The quantitative estimate of drug-likeness (QED) is 0.862. The van der Waals surface area contributed by atoms with Gasteiger partial charge in [0.15, 0.2) is 0 Å². The van der Waals surface area contributed by atoms with Gasteiger partial charge in [-0.2, -0.15) is 0 Å². The number of benzene rings is 1.